The molecular formula is C22H32BrClN2O. The molecule has 1 aromatic rings. The molecule has 2 aliphatic rings. The quantitative estimate of drug-likeness (QED) is 0.573. The standard InChI is InChI=1S/C22H32BrClN2O/c1-2-22(27)26-10-3-4-18(16-26)9-13-25-11-7-17(8-12-25)14-19-15-20(24)5-6-21(19)23/h5-6,15,17-18H,2-4,7-14,16H2,1H3. The normalized spacial score (nSPS) is 22.2. The molecule has 0 aliphatic carbocycles. The van der Waals surface area contributed by atoms with Gasteiger partial charge in [-0.05, 0) is 93.8 Å². The molecule has 2 aliphatic heterocycles. The van der Waals surface area contributed by atoms with Crippen LogP contribution in [0.4, 0.5) is 0 Å². The molecule has 1 unspecified atom stereocenters. The van der Waals surface area contributed by atoms with Crippen LogP contribution in [0.5, 0.6) is 0 Å². The molecule has 27 heavy (non-hydrogen) atoms. The second-order valence-corrected chi connectivity index (χ2v) is 9.51. The van der Waals surface area contributed by atoms with E-state index >= 15 is 0 Å². The molecular weight excluding hydrogens is 424 g/mol. The summed E-state index contributed by atoms with van der Waals surface area (Å²) in [5.74, 6) is 1.77. The molecule has 3 nitrogen and oxygen atoms in total. The number of carbonyl (C=O) groups excluding carboxylic acids is 1. The zero-order valence-electron chi connectivity index (χ0n) is 16.4. The Morgan fingerprint density at radius 1 is 1.19 bits per heavy atom. The third-order valence-corrected chi connectivity index (χ3v) is 7.26. The van der Waals surface area contributed by atoms with Gasteiger partial charge in [-0.25, -0.2) is 0 Å². The smallest absolute Gasteiger partial charge is 0.222 e. The maximum Gasteiger partial charge on any atom is 0.222 e. The van der Waals surface area contributed by atoms with Crippen molar-refractivity contribution in [3.8, 4) is 0 Å². The fourth-order valence-corrected chi connectivity index (χ4v) is 5.14. The highest BCUT2D eigenvalue weighted by Gasteiger charge is 2.25. The van der Waals surface area contributed by atoms with E-state index < -0.39 is 0 Å². The molecule has 0 N–H and O–H groups in total. The van der Waals surface area contributed by atoms with Gasteiger partial charge in [-0.3, -0.25) is 4.79 Å². The van der Waals surface area contributed by atoms with Crippen molar-refractivity contribution in [2.45, 2.75) is 51.9 Å². The van der Waals surface area contributed by atoms with E-state index in [1.54, 1.807) is 0 Å². The first kappa shape index (κ1) is 21.1. The van der Waals surface area contributed by atoms with Crippen LogP contribution in [0.3, 0.4) is 0 Å². The summed E-state index contributed by atoms with van der Waals surface area (Å²) in [7, 11) is 0. The minimum atomic E-state index is 0.327. The summed E-state index contributed by atoms with van der Waals surface area (Å²) in [6, 6.07) is 6.10. The average molecular weight is 456 g/mol. The third-order valence-electron chi connectivity index (χ3n) is 6.25. The van der Waals surface area contributed by atoms with E-state index in [1.807, 2.05) is 13.0 Å². The van der Waals surface area contributed by atoms with Crippen LogP contribution >= 0.6 is 27.5 Å². The second-order valence-electron chi connectivity index (χ2n) is 8.22. The number of carbonyl (C=O) groups is 1. The highest BCUT2D eigenvalue weighted by molar-refractivity contribution is 9.10. The van der Waals surface area contributed by atoms with E-state index in [1.165, 1.54) is 61.8 Å². The molecule has 0 aromatic heterocycles. The largest absolute Gasteiger partial charge is 0.342 e. The minimum Gasteiger partial charge on any atom is -0.342 e. The van der Waals surface area contributed by atoms with Gasteiger partial charge in [-0.15, -0.1) is 0 Å². The molecule has 3 rings (SSSR count). The topological polar surface area (TPSA) is 23.6 Å². The van der Waals surface area contributed by atoms with Gasteiger partial charge in [0.25, 0.3) is 0 Å². The van der Waals surface area contributed by atoms with Crippen molar-refractivity contribution in [3.63, 3.8) is 0 Å². The number of amides is 1. The lowest BCUT2D eigenvalue weighted by Crippen LogP contribution is -2.41. The van der Waals surface area contributed by atoms with Gasteiger partial charge in [0.15, 0.2) is 0 Å². The number of hydrogen-bond acceptors (Lipinski definition) is 2. The molecule has 2 fully saturated rings. The Bertz CT molecular complexity index is 631. The van der Waals surface area contributed by atoms with Crippen molar-refractivity contribution >= 4 is 33.4 Å². The molecule has 150 valence electrons. The summed E-state index contributed by atoms with van der Waals surface area (Å²) in [6.45, 7) is 7.50. The highest BCUT2D eigenvalue weighted by atomic mass is 79.9. The number of halogens is 2. The Balaban J connectivity index is 1.39. The first-order valence-electron chi connectivity index (χ1n) is 10.5. The Labute approximate surface area is 177 Å². The molecule has 5 heteroatoms. The first-order chi connectivity index (χ1) is 13.0. The summed E-state index contributed by atoms with van der Waals surface area (Å²) in [6.07, 6.45) is 7.99. The van der Waals surface area contributed by atoms with E-state index in [-0.39, 0.29) is 0 Å². The molecule has 2 saturated heterocycles. The number of rotatable bonds is 6. The second kappa shape index (κ2) is 10.3. The van der Waals surface area contributed by atoms with Crippen molar-refractivity contribution in [2.24, 2.45) is 11.8 Å². The molecule has 0 bridgehead atoms. The number of hydrogen-bond donors (Lipinski definition) is 0. The van der Waals surface area contributed by atoms with Gasteiger partial charge in [-0.1, -0.05) is 34.5 Å². The van der Waals surface area contributed by atoms with E-state index in [0.717, 1.165) is 30.5 Å². The van der Waals surface area contributed by atoms with Gasteiger partial charge in [0.2, 0.25) is 5.91 Å². The summed E-state index contributed by atoms with van der Waals surface area (Å²) in [4.78, 5) is 16.7. The number of benzene rings is 1. The Hall–Kier alpha value is -0.580. The van der Waals surface area contributed by atoms with Crippen LogP contribution in [0.1, 0.15) is 51.0 Å². The van der Waals surface area contributed by atoms with Crippen LogP contribution in [-0.4, -0.2) is 48.4 Å². The monoisotopic (exact) mass is 454 g/mol. The average Bonchev–Trinajstić information content (AvgIpc) is 2.70. The van der Waals surface area contributed by atoms with Crippen molar-refractivity contribution in [1.82, 2.24) is 9.80 Å². The summed E-state index contributed by atoms with van der Waals surface area (Å²) >= 11 is 9.82. The van der Waals surface area contributed by atoms with E-state index in [0.29, 0.717) is 18.2 Å². The molecule has 1 atom stereocenters. The fraction of sp³-hybridized carbons (Fsp3) is 0.682. The van der Waals surface area contributed by atoms with Crippen LogP contribution in [0.15, 0.2) is 22.7 Å². The van der Waals surface area contributed by atoms with Crippen LogP contribution < -0.4 is 0 Å². The molecule has 1 amide bonds. The van der Waals surface area contributed by atoms with Crippen molar-refractivity contribution in [1.29, 1.82) is 0 Å². The van der Waals surface area contributed by atoms with Crippen LogP contribution in [0.25, 0.3) is 0 Å². The zero-order chi connectivity index (χ0) is 19.2. The van der Waals surface area contributed by atoms with Gasteiger partial charge in [0.05, 0.1) is 0 Å². The lowest BCUT2D eigenvalue weighted by atomic mass is 9.89. The van der Waals surface area contributed by atoms with E-state index in [2.05, 4.69) is 37.9 Å². The summed E-state index contributed by atoms with van der Waals surface area (Å²) < 4.78 is 1.18. The van der Waals surface area contributed by atoms with Crippen molar-refractivity contribution in [3.05, 3.63) is 33.3 Å². The van der Waals surface area contributed by atoms with Gasteiger partial charge >= 0.3 is 0 Å². The predicted octanol–water partition coefficient (Wildman–Crippen LogP) is 5.40. The van der Waals surface area contributed by atoms with Crippen molar-refractivity contribution < 1.29 is 4.79 Å². The Morgan fingerprint density at radius 2 is 1.96 bits per heavy atom. The van der Waals surface area contributed by atoms with Crippen molar-refractivity contribution in [2.75, 3.05) is 32.7 Å². The highest BCUT2D eigenvalue weighted by Crippen LogP contribution is 2.28. The Kier molecular flexibility index (Phi) is 8.04. The van der Waals surface area contributed by atoms with Crippen LogP contribution in [0, 0.1) is 11.8 Å². The SMILES string of the molecule is CCC(=O)N1CCCC(CCN2CCC(Cc3cc(Cl)ccc3Br)CC2)C1. The van der Waals surface area contributed by atoms with E-state index in [9.17, 15) is 4.79 Å². The molecule has 0 radical (unpaired) electrons. The van der Waals surface area contributed by atoms with Gasteiger partial charge < -0.3 is 9.80 Å². The number of piperidine rings is 2. The maximum absolute atomic E-state index is 12.0. The summed E-state index contributed by atoms with van der Waals surface area (Å²) in [5, 5.41) is 0.828. The first-order valence-corrected chi connectivity index (χ1v) is 11.7. The fourth-order valence-electron chi connectivity index (χ4n) is 4.54. The maximum atomic E-state index is 12.0. The lowest BCUT2D eigenvalue weighted by Gasteiger charge is -2.36. The molecule has 0 saturated carbocycles. The van der Waals surface area contributed by atoms with E-state index in [4.69, 9.17) is 11.6 Å². The Morgan fingerprint density at radius 3 is 2.70 bits per heavy atom. The van der Waals surface area contributed by atoms with Crippen LogP contribution in [-0.2, 0) is 11.2 Å². The third kappa shape index (κ3) is 6.20. The van der Waals surface area contributed by atoms with Crippen LogP contribution in [0.2, 0.25) is 5.02 Å². The van der Waals surface area contributed by atoms with Gasteiger partial charge in [0.1, 0.15) is 0 Å². The lowest BCUT2D eigenvalue weighted by molar-refractivity contribution is -0.132. The van der Waals surface area contributed by atoms with Gasteiger partial charge in [-0.2, -0.15) is 0 Å². The molecule has 2 heterocycles. The van der Waals surface area contributed by atoms with Gasteiger partial charge in [0, 0.05) is 29.0 Å². The minimum absolute atomic E-state index is 0.327. The number of nitrogens with zero attached hydrogens (tertiary/aromatic N) is 2. The predicted molar refractivity (Wildman–Crippen MR) is 116 cm³/mol. The summed E-state index contributed by atoms with van der Waals surface area (Å²) in [5.41, 5.74) is 1.34. The zero-order valence-corrected chi connectivity index (χ0v) is 18.8. The molecule has 1 aromatic carbocycles. The molecule has 0 spiro atoms. The number of likely N-dealkylation sites (tertiary alicyclic amines) is 2.